The molecule has 1 spiro atoms. The Morgan fingerprint density at radius 1 is 1.04 bits per heavy atom. The number of rotatable bonds is 7. The fourth-order valence-electron chi connectivity index (χ4n) is 7.75. The first-order valence-electron chi connectivity index (χ1n) is 15.3. The van der Waals surface area contributed by atoms with Crippen molar-refractivity contribution in [3.05, 3.63) is 123 Å². The number of carbonyl (C=O) groups is 3. The molecule has 2 amide bonds. The number of nitrogens with one attached hydrogen (secondary N) is 1. The van der Waals surface area contributed by atoms with Crippen molar-refractivity contribution >= 4 is 52.4 Å². The summed E-state index contributed by atoms with van der Waals surface area (Å²) in [6.07, 6.45) is 0.457. The molecule has 3 aliphatic heterocycles. The second-order valence-corrected chi connectivity index (χ2v) is 12.8. The number of hydrogen-bond donors (Lipinski definition) is 2. The van der Waals surface area contributed by atoms with Gasteiger partial charge in [0.2, 0.25) is 11.8 Å². The van der Waals surface area contributed by atoms with E-state index in [4.69, 9.17) is 27.9 Å². The number of nitrogens with zero attached hydrogens (tertiary/aromatic N) is 2. The van der Waals surface area contributed by atoms with Crippen molar-refractivity contribution in [2.45, 2.75) is 37.4 Å². The molecule has 0 aliphatic carbocycles. The van der Waals surface area contributed by atoms with Gasteiger partial charge in [0, 0.05) is 47.0 Å². The quantitative estimate of drug-likeness (QED) is 0.217. The molecule has 2 N–H and O–H groups in total. The van der Waals surface area contributed by atoms with E-state index in [2.05, 4.69) is 5.32 Å². The van der Waals surface area contributed by atoms with E-state index in [-0.39, 0.29) is 34.5 Å². The number of amides is 2. The molecule has 7 rings (SSSR count). The zero-order valence-corrected chi connectivity index (χ0v) is 26.8. The van der Waals surface area contributed by atoms with E-state index in [0.29, 0.717) is 47.3 Å². The maximum atomic E-state index is 16.3. The molecule has 4 aromatic rings. The fourth-order valence-corrected chi connectivity index (χ4v) is 8.11. The number of piperidine rings is 1. The summed E-state index contributed by atoms with van der Waals surface area (Å²) in [5, 5.41) is 12.7. The molecule has 240 valence electrons. The number of carboxylic acids is 1. The van der Waals surface area contributed by atoms with Crippen molar-refractivity contribution < 1.29 is 28.6 Å². The molecule has 4 atom stereocenters. The summed E-state index contributed by atoms with van der Waals surface area (Å²) in [5.74, 6) is -3.65. The number of anilines is 2. The third-order valence-corrected chi connectivity index (χ3v) is 10.1. The van der Waals surface area contributed by atoms with E-state index in [1.165, 1.54) is 18.2 Å². The van der Waals surface area contributed by atoms with Gasteiger partial charge in [-0.15, -0.1) is 0 Å². The summed E-state index contributed by atoms with van der Waals surface area (Å²) in [6.45, 7) is 2.94. The molecule has 3 heterocycles. The topological polar surface area (TPSA) is 99.2 Å². The van der Waals surface area contributed by atoms with Crippen LogP contribution in [0.5, 0.6) is 5.75 Å². The Bertz CT molecular complexity index is 1920. The minimum Gasteiger partial charge on any atom is -0.494 e. The van der Waals surface area contributed by atoms with Gasteiger partial charge in [-0.3, -0.25) is 14.5 Å². The van der Waals surface area contributed by atoms with Crippen molar-refractivity contribution in [2.24, 2.45) is 5.92 Å². The largest absolute Gasteiger partial charge is 0.494 e. The van der Waals surface area contributed by atoms with Crippen LogP contribution in [0.1, 0.15) is 46.3 Å². The molecular formula is C36H30Cl2FN3O5. The molecular weight excluding hydrogens is 644 g/mol. The van der Waals surface area contributed by atoms with Gasteiger partial charge in [-0.2, -0.15) is 0 Å². The normalized spacial score (nSPS) is 23.5. The number of likely N-dealkylation sites (tertiary alicyclic amines) is 1. The molecule has 11 heteroatoms. The van der Waals surface area contributed by atoms with Crippen LogP contribution in [0.2, 0.25) is 10.0 Å². The van der Waals surface area contributed by atoms with Crippen LogP contribution in [0.3, 0.4) is 0 Å². The second kappa shape index (κ2) is 12.0. The first-order chi connectivity index (χ1) is 22.6. The standard InChI is InChI=1S/C36H30Cl2FN3O5/c1-2-47-24-6-3-5-20(17-24)19-42-29-15-16-41(23-12-9-21(10-13-23)34(44)45)33(43)30(29)31(25-7-4-8-27(38)32(25)39)36(42)26-14-11-22(37)18-28(26)40-35(36)46/h3-14,17-18,29-31H,2,15-16,19H2,1H3,(H,40,46)(H,44,45)/t29-,30+,31-,36+/m1/s1. The molecule has 8 nitrogen and oxygen atoms in total. The molecule has 0 unspecified atom stereocenters. The van der Waals surface area contributed by atoms with Gasteiger partial charge in [0.05, 0.1) is 23.1 Å². The van der Waals surface area contributed by atoms with Gasteiger partial charge < -0.3 is 20.1 Å². The lowest BCUT2D eigenvalue weighted by molar-refractivity contribution is -0.128. The average Bonchev–Trinajstić information content (AvgIpc) is 3.50. The summed E-state index contributed by atoms with van der Waals surface area (Å²) < 4.78 is 22.0. The highest BCUT2D eigenvalue weighted by molar-refractivity contribution is 6.31. The number of halogens is 3. The summed E-state index contributed by atoms with van der Waals surface area (Å²) >= 11 is 12.8. The Morgan fingerprint density at radius 3 is 2.55 bits per heavy atom. The molecule has 4 aromatic carbocycles. The minimum absolute atomic E-state index is 0.0909. The fraction of sp³-hybridized carbons (Fsp3) is 0.250. The van der Waals surface area contributed by atoms with E-state index in [0.717, 1.165) is 5.56 Å². The van der Waals surface area contributed by atoms with Crippen LogP contribution in [-0.4, -0.2) is 47.0 Å². The Hall–Kier alpha value is -4.44. The zero-order valence-electron chi connectivity index (χ0n) is 25.3. The molecule has 3 aliphatic rings. The lowest BCUT2D eigenvalue weighted by Gasteiger charge is -2.40. The monoisotopic (exact) mass is 673 g/mol. The minimum atomic E-state index is -1.51. The third-order valence-electron chi connectivity index (χ3n) is 9.57. The number of aromatic carboxylic acids is 1. The first-order valence-corrected chi connectivity index (χ1v) is 16.1. The van der Waals surface area contributed by atoms with Crippen molar-refractivity contribution in [3.8, 4) is 5.75 Å². The lowest BCUT2D eigenvalue weighted by Crippen LogP contribution is -2.53. The molecule has 2 saturated heterocycles. The van der Waals surface area contributed by atoms with Gasteiger partial charge >= 0.3 is 5.97 Å². The van der Waals surface area contributed by atoms with Gasteiger partial charge in [0.25, 0.3) is 0 Å². The van der Waals surface area contributed by atoms with Gasteiger partial charge in [-0.05, 0) is 79.1 Å². The van der Waals surface area contributed by atoms with Gasteiger partial charge in [-0.1, -0.05) is 53.5 Å². The number of fused-ring (bicyclic) bond motifs is 3. The third kappa shape index (κ3) is 4.96. The van der Waals surface area contributed by atoms with Gasteiger partial charge in [-0.25, -0.2) is 9.18 Å². The number of carboxylic acid groups (broad SMARTS) is 1. The summed E-state index contributed by atoms with van der Waals surface area (Å²) in [5.41, 5.74) is 1.20. The predicted molar refractivity (Wildman–Crippen MR) is 177 cm³/mol. The highest BCUT2D eigenvalue weighted by Gasteiger charge is 2.69. The summed E-state index contributed by atoms with van der Waals surface area (Å²) in [6, 6.07) is 23.0. The number of ether oxygens (including phenoxy) is 1. The van der Waals surface area contributed by atoms with Crippen LogP contribution in [0.15, 0.2) is 84.9 Å². The molecule has 0 bridgehead atoms. The van der Waals surface area contributed by atoms with Crippen molar-refractivity contribution in [1.82, 2.24) is 4.90 Å². The van der Waals surface area contributed by atoms with Crippen LogP contribution in [0, 0.1) is 11.7 Å². The van der Waals surface area contributed by atoms with E-state index in [1.807, 2.05) is 36.1 Å². The average molecular weight is 675 g/mol. The molecule has 0 radical (unpaired) electrons. The number of hydrogen-bond acceptors (Lipinski definition) is 5. The first kappa shape index (κ1) is 31.2. The summed E-state index contributed by atoms with van der Waals surface area (Å²) in [7, 11) is 0. The zero-order chi connectivity index (χ0) is 33.0. The molecule has 0 aromatic heterocycles. The maximum absolute atomic E-state index is 16.3. The lowest BCUT2D eigenvalue weighted by atomic mass is 9.70. The highest BCUT2D eigenvalue weighted by Crippen LogP contribution is 2.62. The molecule has 2 fully saturated rings. The number of carbonyl (C=O) groups excluding carboxylic acids is 2. The van der Waals surface area contributed by atoms with Crippen LogP contribution < -0.4 is 15.0 Å². The smallest absolute Gasteiger partial charge is 0.335 e. The maximum Gasteiger partial charge on any atom is 0.335 e. The Morgan fingerprint density at radius 2 is 1.81 bits per heavy atom. The number of benzene rings is 4. The SMILES string of the molecule is CCOc1cccc(CN2[C@@H]3CCN(c4ccc(C(=O)O)cc4)C(=O)[C@@H]3[C@@H](c3cccc(Cl)c3F)[C@@]23C(=O)Nc2cc(Cl)ccc23)c1. The van der Waals surface area contributed by atoms with E-state index in [9.17, 15) is 19.5 Å². The Labute approximate surface area is 280 Å². The highest BCUT2D eigenvalue weighted by atomic mass is 35.5. The van der Waals surface area contributed by atoms with Crippen molar-refractivity contribution in [3.63, 3.8) is 0 Å². The van der Waals surface area contributed by atoms with Crippen LogP contribution in [-0.2, 0) is 21.7 Å². The van der Waals surface area contributed by atoms with Crippen LogP contribution >= 0.6 is 23.2 Å². The van der Waals surface area contributed by atoms with E-state index >= 15 is 4.39 Å². The molecule has 0 saturated carbocycles. The second-order valence-electron chi connectivity index (χ2n) is 12.0. The molecule has 47 heavy (non-hydrogen) atoms. The van der Waals surface area contributed by atoms with Gasteiger partial charge in [0.15, 0.2) is 0 Å². The van der Waals surface area contributed by atoms with Crippen molar-refractivity contribution in [1.29, 1.82) is 0 Å². The van der Waals surface area contributed by atoms with Crippen LogP contribution in [0.4, 0.5) is 15.8 Å². The predicted octanol–water partition coefficient (Wildman–Crippen LogP) is 7.10. The van der Waals surface area contributed by atoms with Crippen LogP contribution in [0.25, 0.3) is 0 Å². The van der Waals surface area contributed by atoms with E-state index in [1.54, 1.807) is 47.4 Å². The Kier molecular flexibility index (Phi) is 7.94. The van der Waals surface area contributed by atoms with E-state index < -0.39 is 35.2 Å². The van der Waals surface area contributed by atoms with Gasteiger partial charge in [0.1, 0.15) is 17.1 Å². The Balaban J connectivity index is 1.45. The summed E-state index contributed by atoms with van der Waals surface area (Å²) in [4.78, 5) is 44.6. The van der Waals surface area contributed by atoms with Crippen molar-refractivity contribution in [2.75, 3.05) is 23.4 Å².